The van der Waals surface area contributed by atoms with E-state index in [0.717, 1.165) is 17.0 Å². The fourth-order valence-corrected chi connectivity index (χ4v) is 4.14. The first-order valence-corrected chi connectivity index (χ1v) is 8.37. The van der Waals surface area contributed by atoms with Crippen molar-refractivity contribution in [1.82, 2.24) is 4.90 Å². The lowest BCUT2D eigenvalue weighted by atomic mass is 10.0. The number of nitro benzene ring substituents is 1. The molecule has 1 aliphatic rings. The summed E-state index contributed by atoms with van der Waals surface area (Å²) >= 11 is 1.32. The van der Waals surface area contributed by atoms with Crippen LogP contribution in [-0.4, -0.2) is 35.2 Å². The number of nitro groups is 1. The van der Waals surface area contributed by atoms with Gasteiger partial charge in [0.1, 0.15) is 5.00 Å². The van der Waals surface area contributed by atoms with Gasteiger partial charge in [-0.3, -0.25) is 19.7 Å². The monoisotopic (exact) mass is 360 g/mol. The van der Waals surface area contributed by atoms with Gasteiger partial charge in [-0.1, -0.05) is 6.07 Å². The summed E-state index contributed by atoms with van der Waals surface area (Å²) < 4.78 is 0. The van der Waals surface area contributed by atoms with Gasteiger partial charge in [-0.05, 0) is 25.1 Å². The lowest BCUT2D eigenvalue weighted by Gasteiger charge is -2.22. The number of non-ortho nitro benzene ring substituents is 1. The standard InChI is InChI=1S/C16H16N4O4S/c1-19-6-5-11-12(8-19)25-16(13(11)14(17)21)18-15(22)9-3-2-4-10(7-9)20(23)24/h2-4,7H,5-6,8H2,1H3,(H2,17,21)(H,18,22). The number of benzene rings is 1. The summed E-state index contributed by atoms with van der Waals surface area (Å²) in [4.78, 5) is 37.7. The molecule has 0 bridgehead atoms. The number of nitrogens with zero attached hydrogens (tertiary/aromatic N) is 2. The smallest absolute Gasteiger partial charge is 0.270 e. The Kier molecular flexibility index (Phi) is 4.51. The molecule has 0 aliphatic carbocycles. The summed E-state index contributed by atoms with van der Waals surface area (Å²) in [7, 11) is 1.98. The molecule has 2 heterocycles. The molecule has 2 amide bonds. The van der Waals surface area contributed by atoms with Gasteiger partial charge in [-0.25, -0.2) is 0 Å². The molecule has 1 aromatic heterocycles. The molecule has 0 radical (unpaired) electrons. The van der Waals surface area contributed by atoms with E-state index in [1.807, 2.05) is 7.05 Å². The average molecular weight is 360 g/mol. The highest BCUT2D eigenvalue weighted by Gasteiger charge is 2.27. The summed E-state index contributed by atoms with van der Waals surface area (Å²) in [6, 6.07) is 5.43. The van der Waals surface area contributed by atoms with E-state index in [9.17, 15) is 19.7 Å². The Morgan fingerprint density at radius 2 is 2.16 bits per heavy atom. The number of amides is 2. The maximum atomic E-state index is 12.5. The van der Waals surface area contributed by atoms with Crippen molar-refractivity contribution in [2.45, 2.75) is 13.0 Å². The molecule has 130 valence electrons. The Hall–Kier alpha value is -2.78. The fraction of sp³-hybridized carbons (Fsp3) is 0.250. The van der Waals surface area contributed by atoms with Crippen LogP contribution in [0.5, 0.6) is 0 Å². The third kappa shape index (κ3) is 3.37. The highest BCUT2D eigenvalue weighted by Crippen LogP contribution is 2.36. The zero-order valence-corrected chi connectivity index (χ0v) is 14.3. The number of thiophene rings is 1. The Morgan fingerprint density at radius 3 is 2.84 bits per heavy atom. The van der Waals surface area contributed by atoms with Gasteiger partial charge >= 0.3 is 0 Å². The summed E-state index contributed by atoms with van der Waals surface area (Å²) in [5.74, 6) is -1.10. The minimum Gasteiger partial charge on any atom is -0.365 e. The first-order valence-electron chi connectivity index (χ1n) is 7.55. The van der Waals surface area contributed by atoms with Crippen molar-refractivity contribution >= 4 is 33.8 Å². The SMILES string of the molecule is CN1CCc2c(sc(NC(=O)c3cccc([N+](=O)[O-])c3)c2C(N)=O)C1. The summed E-state index contributed by atoms with van der Waals surface area (Å²) in [5.41, 5.74) is 6.70. The molecule has 0 fully saturated rings. The highest BCUT2D eigenvalue weighted by atomic mass is 32.1. The predicted octanol–water partition coefficient (Wildman–Crippen LogP) is 2.00. The molecular formula is C16H16N4O4S. The van der Waals surface area contributed by atoms with E-state index >= 15 is 0 Å². The van der Waals surface area contributed by atoms with Gasteiger partial charge in [-0.2, -0.15) is 0 Å². The molecule has 2 aromatic rings. The third-order valence-electron chi connectivity index (χ3n) is 4.04. The van der Waals surface area contributed by atoms with Crippen LogP contribution in [0.1, 0.15) is 31.2 Å². The van der Waals surface area contributed by atoms with Crippen molar-refractivity contribution < 1.29 is 14.5 Å². The quantitative estimate of drug-likeness (QED) is 0.638. The van der Waals surface area contributed by atoms with E-state index in [1.165, 1.54) is 35.6 Å². The first-order chi connectivity index (χ1) is 11.9. The van der Waals surface area contributed by atoms with Crippen LogP contribution in [0.2, 0.25) is 0 Å². The molecule has 0 saturated carbocycles. The number of hydrogen-bond acceptors (Lipinski definition) is 6. The zero-order chi connectivity index (χ0) is 18.1. The number of nitrogens with two attached hydrogens (primary N) is 1. The number of hydrogen-bond donors (Lipinski definition) is 2. The molecule has 8 nitrogen and oxygen atoms in total. The van der Waals surface area contributed by atoms with Crippen molar-refractivity contribution in [3.8, 4) is 0 Å². The lowest BCUT2D eigenvalue weighted by Crippen LogP contribution is -2.27. The van der Waals surface area contributed by atoms with Gasteiger partial charge in [-0.15, -0.1) is 11.3 Å². The largest absolute Gasteiger partial charge is 0.365 e. The van der Waals surface area contributed by atoms with Crippen LogP contribution >= 0.6 is 11.3 Å². The van der Waals surface area contributed by atoms with Crippen LogP contribution in [0.25, 0.3) is 0 Å². The van der Waals surface area contributed by atoms with Crippen molar-refractivity contribution in [2.24, 2.45) is 5.73 Å². The molecular weight excluding hydrogens is 344 g/mol. The van der Waals surface area contributed by atoms with Gasteiger partial charge < -0.3 is 16.0 Å². The summed E-state index contributed by atoms with van der Waals surface area (Å²) in [5, 5.41) is 13.9. The van der Waals surface area contributed by atoms with Crippen molar-refractivity contribution in [3.05, 3.63) is 55.9 Å². The van der Waals surface area contributed by atoms with Crippen LogP contribution < -0.4 is 11.1 Å². The number of primary amides is 1. The maximum absolute atomic E-state index is 12.5. The van der Waals surface area contributed by atoms with E-state index in [2.05, 4.69) is 10.2 Å². The van der Waals surface area contributed by atoms with Crippen molar-refractivity contribution in [2.75, 3.05) is 18.9 Å². The van der Waals surface area contributed by atoms with E-state index in [4.69, 9.17) is 5.73 Å². The number of nitrogens with one attached hydrogen (secondary N) is 1. The Labute approximate surface area is 147 Å². The molecule has 0 spiro atoms. The topological polar surface area (TPSA) is 119 Å². The Bertz CT molecular complexity index is 877. The Balaban J connectivity index is 1.92. The van der Waals surface area contributed by atoms with Crippen molar-refractivity contribution in [1.29, 1.82) is 0 Å². The van der Waals surface area contributed by atoms with Gasteiger partial charge in [0.2, 0.25) is 0 Å². The normalized spacial score (nSPS) is 14.0. The molecule has 25 heavy (non-hydrogen) atoms. The molecule has 3 N–H and O–H groups in total. The Morgan fingerprint density at radius 1 is 1.40 bits per heavy atom. The molecule has 3 rings (SSSR count). The molecule has 1 aromatic carbocycles. The third-order valence-corrected chi connectivity index (χ3v) is 5.17. The molecule has 0 saturated heterocycles. The average Bonchev–Trinajstić information content (AvgIpc) is 2.91. The summed E-state index contributed by atoms with van der Waals surface area (Å²) in [6.45, 7) is 1.50. The van der Waals surface area contributed by atoms with Crippen molar-refractivity contribution in [3.63, 3.8) is 0 Å². The molecule has 0 atom stereocenters. The minimum atomic E-state index is -0.587. The molecule has 0 unspecified atom stereocenters. The van der Waals surface area contributed by atoms with Crippen LogP contribution in [0.4, 0.5) is 10.7 Å². The second kappa shape index (κ2) is 6.61. The molecule has 9 heteroatoms. The van der Waals surface area contributed by atoms with E-state index in [1.54, 1.807) is 0 Å². The van der Waals surface area contributed by atoms with E-state index < -0.39 is 16.7 Å². The summed E-state index contributed by atoms with van der Waals surface area (Å²) in [6.07, 6.45) is 0.688. The zero-order valence-electron chi connectivity index (χ0n) is 13.4. The fourth-order valence-electron chi connectivity index (χ4n) is 2.82. The lowest BCUT2D eigenvalue weighted by molar-refractivity contribution is -0.384. The van der Waals surface area contributed by atoms with Gasteiger partial charge in [0, 0.05) is 35.7 Å². The van der Waals surface area contributed by atoms with E-state index in [-0.39, 0.29) is 11.3 Å². The second-order valence-electron chi connectivity index (χ2n) is 5.82. The number of anilines is 1. The number of fused-ring (bicyclic) bond motifs is 1. The number of likely N-dealkylation sites (N-methyl/N-ethyl adjacent to an activating group) is 1. The van der Waals surface area contributed by atoms with Crippen LogP contribution in [-0.2, 0) is 13.0 Å². The predicted molar refractivity (Wildman–Crippen MR) is 93.9 cm³/mol. The van der Waals surface area contributed by atoms with Crippen LogP contribution in [0.3, 0.4) is 0 Å². The van der Waals surface area contributed by atoms with Crippen LogP contribution in [0, 0.1) is 10.1 Å². The second-order valence-corrected chi connectivity index (χ2v) is 6.93. The number of carbonyl (C=O) groups is 2. The van der Waals surface area contributed by atoms with Gasteiger partial charge in [0.25, 0.3) is 17.5 Å². The number of carbonyl (C=O) groups excluding carboxylic acids is 2. The van der Waals surface area contributed by atoms with E-state index in [0.29, 0.717) is 23.5 Å². The molecule has 1 aliphatic heterocycles. The maximum Gasteiger partial charge on any atom is 0.270 e. The van der Waals surface area contributed by atoms with Crippen LogP contribution in [0.15, 0.2) is 24.3 Å². The number of rotatable bonds is 4. The first kappa shape index (κ1) is 17.1. The highest BCUT2D eigenvalue weighted by molar-refractivity contribution is 7.17. The van der Waals surface area contributed by atoms with Gasteiger partial charge in [0.05, 0.1) is 10.5 Å². The van der Waals surface area contributed by atoms with Gasteiger partial charge in [0.15, 0.2) is 0 Å². The minimum absolute atomic E-state index is 0.146.